The van der Waals surface area contributed by atoms with Crippen molar-refractivity contribution in [2.75, 3.05) is 4.90 Å². The van der Waals surface area contributed by atoms with E-state index < -0.39 is 23.5 Å². The van der Waals surface area contributed by atoms with E-state index in [1.807, 2.05) is 62.4 Å². The second kappa shape index (κ2) is 13.1. The first-order chi connectivity index (χ1) is 21.8. The van der Waals surface area contributed by atoms with Crippen molar-refractivity contribution in [2.24, 2.45) is 0 Å². The van der Waals surface area contributed by atoms with E-state index in [4.69, 9.17) is 4.74 Å². The molecule has 226 valence electrons. The number of benzene rings is 4. The number of aliphatic hydroxyl groups excluding tert-OH is 1. The third kappa shape index (κ3) is 6.52. The molecular weight excluding hydrogens is 610 g/mol. The van der Waals surface area contributed by atoms with Gasteiger partial charge in [-0.1, -0.05) is 89.3 Å². The summed E-state index contributed by atoms with van der Waals surface area (Å²) >= 11 is 2.64. The molecule has 1 aromatic heterocycles. The fourth-order valence-corrected chi connectivity index (χ4v) is 6.80. The maximum absolute atomic E-state index is 13.9. The van der Waals surface area contributed by atoms with Crippen molar-refractivity contribution in [3.8, 4) is 5.75 Å². The number of Topliss-reactive ketones (excluding diaryl/α,β-unsaturated/α-hetero) is 1. The number of ether oxygens (including phenoxy) is 1. The van der Waals surface area contributed by atoms with E-state index >= 15 is 0 Å². The average Bonchev–Trinajstić information content (AvgIpc) is 3.62. The highest BCUT2D eigenvalue weighted by atomic mass is 32.2. The molecule has 0 aliphatic carbocycles. The van der Waals surface area contributed by atoms with Gasteiger partial charge in [0, 0.05) is 11.3 Å². The van der Waals surface area contributed by atoms with Crippen molar-refractivity contribution in [2.45, 2.75) is 36.6 Å². The highest BCUT2D eigenvalue weighted by Crippen LogP contribution is 2.44. The molecule has 1 saturated heterocycles. The summed E-state index contributed by atoms with van der Waals surface area (Å²) < 4.78 is 20.4. The minimum absolute atomic E-state index is 0.121. The quantitative estimate of drug-likeness (QED) is 0.0580. The molecule has 2 heterocycles. The summed E-state index contributed by atoms with van der Waals surface area (Å²) in [6.07, 6.45) is 0. The van der Waals surface area contributed by atoms with Crippen LogP contribution in [0.1, 0.15) is 39.4 Å². The molecule has 0 saturated carbocycles. The van der Waals surface area contributed by atoms with Gasteiger partial charge in [0.2, 0.25) is 5.13 Å². The largest absolute Gasteiger partial charge is 0.507 e. The van der Waals surface area contributed by atoms with E-state index in [1.165, 1.54) is 57.8 Å². The van der Waals surface area contributed by atoms with Crippen LogP contribution in [0.15, 0.2) is 107 Å². The van der Waals surface area contributed by atoms with Crippen LogP contribution in [0.3, 0.4) is 0 Å². The molecule has 0 radical (unpaired) electrons. The zero-order chi connectivity index (χ0) is 31.5. The Hall–Kier alpha value is -4.80. The Kier molecular flexibility index (Phi) is 8.77. The first-order valence-corrected chi connectivity index (χ1v) is 15.9. The Morgan fingerprint density at radius 3 is 2.36 bits per heavy atom. The molecular formula is C35H28FN3O4S2. The predicted octanol–water partition coefficient (Wildman–Crippen LogP) is 7.79. The van der Waals surface area contributed by atoms with Crippen LogP contribution in [-0.4, -0.2) is 27.0 Å². The van der Waals surface area contributed by atoms with Gasteiger partial charge in [-0.2, -0.15) is 0 Å². The van der Waals surface area contributed by atoms with E-state index in [9.17, 15) is 19.1 Å². The number of amides is 1. The van der Waals surface area contributed by atoms with Crippen molar-refractivity contribution in [3.63, 3.8) is 0 Å². The Balaban J connectivity index is 1.29. The third-order valence-corrected chi connectivity index (χ3v) is 9.63. The van der Waals surface area contributed by atoms with Crippen LogP contribution in [-0.2, 0) is 21.9 Å². The molecule has 1 aliphatic rings. The molecule has 5 aromatic rings. The third-order valence-electron chi connectivity index (χ3n) is 7.50. The van der Waals surface area contributed by atoms with E-state index in [2.05, 4.69) is 10.2 Å². The number of halogens is 1. The Labute approximate surface area is 268 Å². The Bertz CT molecular complexity index is 1890. The molecule has 1 fully saturated rings. The molecule has 1 N–H and O–H groups in total. The number of nitrogens with zero attached hydrogens (tertiary/aromatic N) is 3. The molecule has 0 spiro atoms. The standard InChI is InChI=1S/C35H28FN3O4S2/c1-21-7-9-23(10-8-21)20-44-35-38-37-34(45-35)39-30(24-11-15-27(36)16-12-24)29(32(41)33(39)42)31(40)25-13-17-28(18-14-25)43-19-26-6-4-3-5-22(26)2/h3-18,30,40H,19-20H2,1-2H3. The molecule has 4 aromatic carbocycles. The summed E-state index contributed by atoms with van der Waals surface area (Å²) in [5.74, 6) is -1.31. The van der Waals surface area contributed by atoms with Gasteiger partial charge in [0.25, 0.3) is 5.78 Å². The lowest BCUT2D eigenvalue weighted by molar-refractivity contribution is -0.132. The number of aliphatic hydroxyl groups is 1. The zero-order valence-electron chi connectivity index (χ0n) is 24.4. The summed E-state index contributed by atoms with van der Waals surface area (Å²) in [5.41, 5.74) is 5.10. The summed E-state index contributed by atoms with van der Waals surface area (Å²) in [4.78, 5) is 28.2. The normalized spacial score (nSPS) is 15.9. The second-order valence-corrected chi connectivity index (χ2v) is 12.8. The van der Waals surface area contributed by atoms with Gasteiger partial charge in [-0.3, -0.25) is 14.5 Å². The summed E-state index contributed by atoms with van der Waals surface area (Å²) in [6.45, 7) is 4.41. The molecule has 1 aliphatic heterocycles. The van der Waals surface area contributed by atoms with Crippen molar-refractivity contribution < 1.29 is 23.8 Å². The topological polar surface area (TPSA) is 92.6 Å². The number of aromatic nitrogens is 2. The molecule has 45 heavy (non-hydrogen) atoms. The number of rotatable bonds is 9. The maximum atomic E-state index is 13.9. The molecule has 1 atom stereocenters. The van der Waals surface area contributed by atoms with Gasteiger partial charge < -0.3 is 9.84 Å². The fraction of sp³-hybridized carbons (Fsp3) is 0.143. The highest BCUT2D eigenvalue weighted by Gasteiger charge is 2.48. The Morgan fingerprint density at radius 1 is 0.933 bits per heavy atom. The average molecular weight is 638 g/mol. The smallest absolute Gasteiger partial charge is 0.301 e. The maximum Gasteiger partial charge on any atom is 0.301 e. The lowest BCUT2D eigenvalue weighted by Gasteiger charge is -2.22. The van der Waals surface area contributed by atoms with Gasteiger partial charge >= 0.3 is 5.91 Å². The monoisotopic (exact) mass is 637 g/mol. The predicted molar refractivity (Wildman–Crippen MR) is 174 cm³/mol. The molecule has 0 bridgehead atoms. The number of anilines is 1. The molecule has 6 rings (SSSR count). The molecule has 10 heteroatoms. The second-order valence-electron chi connectivity index (χ2n) is 10.6. The summed E-state index contributed by atoms with van der Waals surface area (Å²) in [5, 5.41) is 20.2. The number of carbonyl (C=O) groups is 2. The lowest BCUT2D eigenvalue weighted by Crippen LogP contribution is -2.29. The van der Waals surface area contributed by atoms with Gasteiger partial charge in [-0.15, -0.1) is 10.2 Å². The van der Waals surface area contributed by atoms with Crippen LogP contribution in [0, 0.1) is 19.7 Å². The van der Waals surface area contributed by atoms with Crippen LogP contribution in [0.25, 0.3) is 5.76 Å². The first kappa shape index (κ1) is 30.2. The summed E-state index contributed by atoms with van der Waals surface area (Å²) in [7, 11) is 0. The van der Waals surface area contributed by atoms with E-state index in [0.29, 0.717) is 33.6 Å². The van der Waals surface area contributed by atoms with Gasteiger partial charge in [0.15, 0.2) is 4.34 Å². The highest BCUT2D eigenvalue weighted by molar-refractivity contribution is 8.00. The van der Waals surface area contributed by atoms with Gasteiger partial charge in [0.1, 0.15) is 23.9 Å². The number of carbonyl (C=O) groups excluding carboxylic acids is 2. The Morgan fingerprint density at radius 2 is 1.64 bits per heavy atom. The van der Waals surface area contributed by atoms with E-state index in [1.54, 1.807) is 24.3 Å². The molecule has 1 unspecified atom stereocenters. The number of ketones is 1. The van der Waals surface area contributed by atoms with E-state index in [-0.39, 0.29) is 16.5 Å². The minimum Gasteiger partial charge on any atom is -0.507 e. The van der Waals surface area contributed by atoms with Crippen molar-refractivity contribution in [3.05, 3.63) is 142 Å². The zero-order valence-corrected chi connectivity index (χ0v) is 26.1. The molecule has 1 amide bonds. The lowest BCUT2D eigenvalue weighted by atomic mass is 9.95. The van der Waals surface area contributed by atoms with Crippen LogP contribution in [0.5, 0.6) is 5.75 Å². The van der Waals surface area contributed by atoms with Gasteiger partial charge in [-0.25, -0.2) is 4.39 Å². The number of hydrogen-bond acceptors (Lipinski definition) is 8. The van der Waals surface area contributed by atoms with Crippen LogP contribution >= 0.6 is 23.1 Å². The van der Waals surface area contributed by atoms with Gasteiger partial charge in [-0.05, 0) is 72.5 Å². The number of aryl methyl sites for hydroxylation is 2. The van der Waals surface area contributed by atoms with Crippen LogP contribution < -0.4 is 9.64 Å². The summed E-state index contributed by atoms with van der Waals surface area (Å²) in [6, 6.07) is 27.2. The fourth-order valence-electron chi connectivity index (χ4n) is 4.98. The van der Waals surface area contributed by atoms with Crippen molar-refractivity contribution in [1.82, 2.24) is 10.2 Å². The van der Waals surface area contributed by atoms with Crippen LogP contribution in [0.4, 0.5) is 9.52 Å². The minimum atomic E-state index is -1.04. The van der Waals surface area contributed by atoms with Crippen molar-refractivity contribution >= 4 is 45.7 Å². The number of thioether (sulfide) groups is 1. The first-order valence-electron chi connectivity index (χ1n) is 14.1. The number of hydrogen-bond donors (Lipinski definition) is 1. The van der Waals surface area contributed by atoms with Crippen LogP contribution in [0.2, 0.25) is 0 Å². The molecule has 7 nitrogen and oxygen atoms in total. The SMILES string of the molecule is Cc1ccc(CSc2nnc(N3C(=O)C(=O)C(=C(O)c4ccc(OCc5ccccc5C)cc4)C3c3ccc(F)cc3)s2)cc1. The van der Waals surface area contributed by atoms with Gasteiger partial charge in [0.05, 0.1) is 11.6 Å². The van der Waals surface area contributed by atoms with E-state index in [0.717, 1.165) is 16.7 Å². The van der Waals surface area contributed by atoms with Crippen molar-refractivity contribution in [1.29, 1.82) is 0 Å².